The number of hydrogen-bond acceptors (Lipinski definition) is 21. The van der Waals surface area contributed by atoms with Crippen LogP contribution in [0.5, 0.6) is 0 Å². The van der Waals surface area contributed by atoms with E-state index in [2.05, 4.69) is 136 Å². The highest BCUT2D eigenvalue weighted by atomic mass is 32.2. The third-order valence-electron chi connectivity index (χ3n) is 37.2. The molecule has 27 aliphatic rings. The summed E-state index contributed by atoms with van der Waals surface area (Å²) in [7, 11) is 0.417. The molecule has 27 fully saturated rings. The van der Waals surface area contributed by atoms with Crippen LogP contribution < -0.4 is 0 Å². The van der Waals surface area contributed by atoms with Crippen molar-refractivity contribution in [1.82, 2.24) is 0 Å². The van der Waals surface area contributed by atoms with Crippen LogP contribution in [0.2, 0.25) is 0 Å². The fourth-order valence-electron chi connectivity index (χ4n) is 32.4. The first-order valence-electron chi connectivity index (χ1n) is 51.4. The summed E-state index contributed by atoms with van der Waals surface area (Å²) in [4.78, 5) is 137. The highest BCUT2D eigenvalue weighted by Gasteiger charge is 2.73. The number of alkyl halides is 4. The van der Waals surface area contributed by atoms with Crippen LogP contribution in [0.25, 0.3) is 0 Å². The second-order valence-electron chi connectivity index (χ2n) is 47.7. The summed E-state index contributed by atoms with van der Waals surface area (Å²) >= 11 is 0. The van der Waals surface area contributed by atoms with E-state index in [1.54, 1.807) is 0 Å². The van der Waals surface area contributed by atoms with Gasteiger partial charge in [-0.25, -0.2) is 9.59 Å². The van der Waals surface area contributed by atoms with Gasteiger partial charge >= 0.3 is 47.7 Å². The van der Waals surface area contributed by atoms with E-state index in [0.717, 1.165) is 116 Å². The van der Waals surface area contributed by atoms with E-state index in [0.29, 0.717) is 161 Å². The van der Waals surface area contributed by atoms with E-state index in [9.17, 15) is 65.5 Å². The third kappa shape index (κ3) is 17.4. The van der Waals surface area contributed by atoms with Crippen molar-refractivity contribution in [2.75, 3.05) is 51.1 Å². The highest BCUT2D eigenvalue weighted by molar-refractivity contribution is 7.97. The van der Waals surface area contributed by atoms with Crippen molar-refractivity contribution in [2.45, 2.75) is 311 Å². The van der Waals surface area contributed by atoms with Crippen LogP contribution in [0.1, 0.15) is 233 Å². The number of hydrogen-bond donors (Lipinski definition) is 0. The van der Waals surface area contributed by atoms with Crippen LogP contribution in [0.15, 0.2) is 135 Å². The van der Waals surface area contributed by atoms with Gasteiger partial charge in [-0.3, -0.25) is 38.4 Å². The summed E-state index contributed by atoms with van der Waals surface area (Å²) in [6.45, 7) is 9.36. The summed E-state index contributed by atoms with van der Waals surface area (Å²) in [6.07, 6.45) is 16.3. The van der Waals surface area contributed by atoms with E-state index in [-0.39, 0.29) is 149 Å². The Morgan fingerprint density at radius 3 is 0.847 bits per heavy atom. The van der Waals surface area contributed by atoms with Gasteiger partial charge in [-0.15, -0.1) is 0 Å². The second kappa shape index (κ2) is 35.3. The lowest BCUT2D eigenvalue weighted by molar-refractivity contribution is -0.326. The average Bonchev–Trinajstić information content (AvgIpc) is 1.60. The molecule has 137 heavy (non-hydrogen) atoms. The smallest absolute Gasteiger partial charge is 0.377 e. The van der Waals surface area contributed by atoms with Gasteiger partial charge in [0.15, 0.2) is 31.2 Å². The van der Waals surface area contributed by atoms with Crippen LogP contribution in [0, 0.1) is 128 Å². The summed E-state index contributed by atoms with van der Waals surface area (Å²) in [6, 6.07) is 41.4. The molecule has 16 atom stereocenters. The monoisotopic (exact) mass is 1930 g/mol. The molecule has 24 aliphatic carbocycles. The van der Waals surface area contributed by atoms with Gasteiger partial charge in [0.2, 0.25) is 0 Å². The largest absolute Gasteiger partial charge is 0.462 e. The minimum Gasteiger partial charge on any atom is -0.462 e. The molecule has 31 rings (SSSR count). The van der Waals surface area contributed by atoms with Crippen molar-refractivity contribution in [3.63, 3.8) is 0 Å². The lowest BCUT2D eigenvalue weighted by atomic mass is 9.49. The predicted octanol–water partition coefficient (Wildman–Crippen LogP) is 18.0. The Morgan fingerprint density at radius 2 is 0.599 bits per heavy atom. The van der Waals surface area contributed by atoms with E-state index in [1.165, 1.54) is 36.7 Å². The Balaban J connectivity index is 0.000000118. The topological polar surface area (TPSA) is 272 Å². The van der Waals surface area contributed by atoms with Gasteiger partial charge in [-0.1, -0.05) is 87.5 Å². The predicted molar refractivity (Wildman–Crippen MR) is 492 cm³/mol. The summed E-state index contributed by atoms with van der Waals surface area (Å²) in [5.74, 6) is -9.91. The minimum atomic E-state index is -3.60. The zero-order chi connectivity index (χ0) is 95.1. The maximum absolute atomic E-state index is 14.0. The minimum absolute atomic E-state index is 0.0146. The number of ketones is 4. The molecule has 2 spiro atoms. The molecule has 0 radical (unpaired) electrons. The molecule has 27 heteroatoms. The molecule has 0 amide bonds. The number of rotatable bonds is 20. The van der Waals surface area contributed by atoms with Crippen LogP contribution in [0.3, 0.4) is 0 Å². The van der Waals surface area contributed by atoms with E-state index >= 15 is 0 Å². The number of carbonyl (C=O) groups excluding carboxylic acids is 10. The van der Waals surface area contributed by atoms with Crippen molar-refractivity contribution in [1.29, 1.82) is 0 Å². The van der Waals surface area contributed by atoms with Gasteiger partial charge in [-0.05, 0) is 288 Å². The quantitative estimate of drug-likeness (QED) is 0.0344. The second-order valence-corrected chi connectivity index (χ2v) is 52.0. The fourth-order valence-corrected chi connectivity index (χ4v) is 36.3. The first-order chi connectivity index (χ1) is 65.4. The fraction of sp³-hybridized carbons (Fsp3) is 0.691. The summed E-state index contributed by atoms with van der Waals surface area (Å²) in [5.41, 5.74) is -3.00. The maximum Gasteiger partial charge on any atom is 0.377 e. The van der Waals surface area contributed by atoms with E-state index in [1.807, 2.05) is 0 Å². The number of carbonyl (C=O) groups is 10. The maximum atomic E-state index is 14.0. The first kappa shape index (κ1) is 94.5. The third-order valence-corrected chi connectivity index (χ3v) is 41.7. The number of esters is 6. The van der Waals surface area contributed by atoms with Gasteiger partial charge in [0.1, 0.15) is 96.7 Å². The number of Topliss-reactive ketones (excluding diaryl/α,β-unsaturated/α-hetero) is 4. The van der Waals surface area contributed by atoms with Gasteiger partial charge in [-0.2, -0.15) is 17.6 Å². The zero-order valence-corrected chi connectivity index (χ0v) is 81.1. The van der Waals surface area contributed by atoms with Crippen molar-refractivity contribution in [3.8, 4) is 0 Å². The molecule has 4 aromatic carbocycles. The lowest BCUT2D eigenvalue weighted by Gasteiger charge is -2.62. The molecule has 736 valence electrons. The summed E-state index contributed by atoms with van der Waals surface area (Å²) in [5, 5.41) is 0. The summed E-state index contributed by atoms with van der Waals surface area (Å²) < 4.78 is 124. The normalized spacial score (nSPS) is 41.7. The highest BCUT2D eigenvalue weighted by Crippen LogP contribution is 2.70. The molecule has 3 aliphatic heterocycles. The Kier molecular flexibility index (Phi) is 24.3. The Bertz CT molecular complexity index is 4750. The number of ether oxygens (including phenoxy) is 11. The van der Waals surface area contributed by atoms with Gasteiger partial charge in [0.25, 0.3) is 0 Å². The molecule has 24 bridgehead atoms. The lowest BCUT2D eigenvalue weighted by Crippen LogP contribution is -2.65. The average molecular weight is 1930 g/mol. The standard InChI is InChI=1S/2C39H48F2O10.C18H15S.C14H21OS/c2*1-35(40,41)32(44)51-38-10-21-6-26(15-38)39(27(7-21)16-38)49-28(17-47-33(45)36-8-19-2-22(11-36)30(42)23(3-19)12-36)29(50-39)18-48-34(46)37-9-20-4-24(13-37)31(43)25(5-20)14-37;1-4-10-16(11-5-1)19(17-12-6-2-7-13-17)18-14-8-3-9-15-18;1-14(2,3)12-4-6-13(7-5-12)16-10-8-15-9-11-16/h2*19-29H,2-18H2,1H3;1-15H;4-7H,8-11H2,1-3H3/q;;2*+1. The van der Waals surface area contributed by atoms with Gasteiger partial charge in [0, 0.05) is 95.8 Å². The van der Waals surface area contributed by atoms with Crippen molar-refractivity contribution >= 4 is 80.7 Å². The van der Waals surface area contributed by atoms with Crippen LogP contribution in [-0.2, 0) is 127 Å². The van der Waals surface area contributed by atoms with Gasteiger partial charge in [0.05, 0.1) is 45.8 Å². The molecule has 24 saturated carbocycles. The Labute approximate surface area is 805 Å². The SMILES string of the molecule is CC(C)(C)c1ccc([S+]2CCOCC2)cc1.CC(F)(F)C(=O)OC12CC3CC(C1)C1(OC(COC(=O)C45CC6CC(C4)C(=O)C(C6)C5)C(COC(=O)C45CC6CC(C4)C(=O)C(C6)C5)O1)C(C3)C2.CC(F)(F)C(=O)OC12CC3CC(C1)C1(OC(COC(=O)C45CC6CC(C4)C(=O)C(C6)C5)C(COC(=O)C45CC6CC(C4)C(=O)C(C6)C5)O1)C(C3)C2.c1ccc([S+](c2ccccc2)c2ccccc2)cc1. The number of benzene rings is 4. The molecule has 4 aromatic rings. The van der Waals surface area contributed by atoms with Crippen molar-refractivity contribution < 1.29 is 118 Å². The molecule has 0 N–H and O–H groups in total. The molecular formula is C110H132F4O21S2+2. The van der Waals surface area contributed by atoms with E-state index in [4.69, 9.17) is 52.1 Å². The number of halogens is 4. The van der Waals surface area contributed by atoms with Crippen LogP contribution >= 0.6 is 0 Å². The van der Waals surface area contributed by atoms with Crippen molar-refractivity contribution in [3.05, 3.63) is 121 Å². The van der Waals surface area contributed by atoms with Crippen LogP contribution in [-0.4, -0.2) is 169 Å². The van der Waals surface area contributed by atoms with Crippen LogP contribution in [0.4, 0.5) is 17.6 Å². The molecular weight excluding hydrogens is 1800 g/mol. The Morgan fingerprint density at radius 1 is 0.343 bits per heavy atom. The van der Waals surface area contributed by atoms with E-state index < -0.39 is 92.6 Å². The molecule has 3 heterocycles. The molecule has 16 unspecified atom stereocenters. The van der Waals surface area contributed by atoms with Gasteiger partial charge < -0.3 is 52.1 Å². The first-order valence-corrected chi connectivity index (χ1v) is 54.2. The zero-order valence-electron chi connectivity index (χ0n) is 79.4. The van der Waals surface area contributed by atoms with Crippen molar-refractivity contribution in [2.24, 2.45) is 128 Å². The molecule has 3 saturated heterocycles. The molecule has 0 aromatic heterocycles. The Hall–Kier alpha value is -7.40. The molecule has 21 nitrogen and oxygen atoms in total.